The van der Waals surface area contributed by atoms with Gasteiger partial charge in [-0.05, 0) is 50.4 Å². The van der Waals surface area contributed by atoms with Gasteiger partial charge in [0.25, 0.3) is 0 Å². The SMILES string of the molecule is O=C(c1cccc(CN2CCCC2)c1)C1CCCC1. The molecule has 1 saturated carbocycles. The molecule has 2 fully saturated rings. The molecule has 2 nitrogen and oxygen atoms in total. The minimum atomic E-state index is 0.294. The highest BCUT2D eigenvalue weighted by atomic mass is 16.1. The molecule has 0 radical (unpaired) electrons. The number of likely N-dealkylation sites (tertiary alicyclic amines) is 1. The van der Waals surface area contributed by atoms with Crippen molar-refractivity contribution in [3.63, 3.8) is 0 Å². The van der Waals surface area contributed by atoms with Gasteiger partial charge < -0.3 is 0 Å². The van der Waals surface area contributed by atoms with Crippen LogP contribution >= 0.6 is 0 Å². The van der Waals surface area contributed by atoms with Crippen LogP contribution in [0.3, 0.4) is 0 Å². The van der Waals surface area contributed by atoms with E-state index in [1.165, 1.54) is 44.3 Å². The van der Waals surface area contributed by atoms with E-state index in [-0.39, 0.29) is 0 Å². The molecule has 0 N–H and O–H groups in total. The second-order valence-corrected chi connectivity index (χ2v) is 6.03. The number of carbonyl (C=O) groups excluding carboxylic acids is 1. The van der Waals surface area contributed by atoms with E-state index in [9.17, 15) is 4.79 Å². The molecule has 2 heteroatoms. The number of benzene rings is 1. The molecule has 0 aromatic heterocycles. The highest BCUT2D eigenvalue weighted by Crippen LogP contribution is 2.28. The lowest BCUT2D eigenvalue weighted by atomic mass is 9.95. The third kappa shape index (κ3) is 3.06. The van der Waals surface area contributed by atoms with Crippen molar-refractivity contribution < 1.29 is 4.79 Å². The summed E-state index contributed by atoms with van der Waals surface area (Å²) in [6, 6.07) is 8.32. The number of ketones is 1. The molecule has 0 bridgehead atoms. The zero-order chi connectivity index (χ0) is 13.1. The Labute approximate surface area is 115 Å². The Morgan fingerprint density at radius 3 is 2.58 bits per heavy atom. The Bertz CT molecular complexity index is 442. The summed E-state index contributed by atoms with van der Waals surface area (Å²) in [7, 11) is 0. The monoisotopic (exact) mass is 257 g/mol. The fraction of sp³-hybridized carbons (Fsp3) is 0.588. The quantitative estimate of drug-likeness (QED) is 0.767. The Morgan fingerprint density at radius 2 is 1.84 bits per heavy atom. The third-order valence-corrected chi connectivity index (χ3v) is 4.54. The maximum Gasteiger partial charge on any atom is 0.165 e. The first-order valence-corrected chi connectivity index (χ1v) is 7.68. The summed E-state index contributed by atoms with van der Waals surface area (Å²) in [5, 5.41) is 0. The van der Waals surface area contributed by atoms with Crippen LogP contribution in [0.2, 0.25) is 0 Å². The molecule has 1 heterocycles. The normalized spacial score (nSPS) is 21.1. The molecule has 1 aliphatic carbocycles. The molecule has 1 aromatic carbocycles. The minimum Gasteiger partial charge on any atom is -0.299 e. The summed E-state index contributed by atoms with van der Waals surface area (Å²) in [5.41, 5.74) is 2.23. The van der Waals surface area contributed by atoms with Crippen molar-refractivity contribution >= 4 is 5.78 Å². The minimum absolute atomic E-state index is 0.294. The second-order valence-electron chi connectivity index (χ2n) is 6.03. The number of rotatable bonds is 4. The van der Waals surface area contributed by atoms with E-state index in [2.05, 4.69) is 17.0 Å². The van der Waals surface area contributed by atoms with Gasteiger partial charge in [-0.15, -0.1) is 0 Å². The van der Waals surface area contributed by atoms with Gasteiger partial charge in [0.15, 0.2) is 5.78 Å². The predicted octanol–water partition coefficient (Wildman–Crippen LogP) is 3.66. The third-order valence-electron chi connectivity index (χ3n) is 4.54. The van der Waals surface area contributed by atoms with Crippen LogP contribution in [0.4, 0.5) is 0 Å². The first-order valence-electron chi connectivity index (χ1n) is 7.68. The van der Waals surface area contributed by atoms with Crippen LogP contribution < -0.4 is 0 Å². The van der Waals surface area contributed by atoms with Gasteiger partial charge in [-0.2, -0.15) is 0 Å². The van der Waals surface area contributed by atoms with Crippen molar-refractivity contribution in [3.8, 4) is 0 Å². The van der Waals surface area contributed by atoms with Gasteiger partial charge >= 0.3 is 0 Å². The second kappa shape index (κ2) is 5.87. The number of nitrogens with zero attached hydrogens (tertiary/aromatic N) is 1. The number of carbonyl (C=O) groups is 1. The smallest absolute Gasteiger partial charge is 0.165 e. The largest absolute Gasteiger partial charge is 0.299 e. The highest BCUT2D eigenvalue weighted by Gasteiger charge is 2.24. The lowest BCUT2D eigenvalue weighted by Crippen LogP contribution is -2.19. The van der Waals surface area contributed by atoms with E-state index < -0.39 is 0 Å². The summed E-state index contributed by atoms with van der Waals surface area (Å²) in [6.07, 6.45) is 7.28. The Hall–Kier alpha value is -1.15. The van der Waals surface area contributed by atoms with Crippen molar-refractivity contribution in [1.82, 2.24) is 4.90 Å². The summed E-state index contributed by atoms with van der Waals surface area (Å²) < 4.78 is 0. The van der Waals surface area contributed by atoms with E-state index in [0.717, 1.165) is 24.9 Å². The maximum atomic E-state index is 12.4. The molecular formula is C17H23NO. The van der Waals surface area contributed by atoms with Gasteiger partial charge in [0.1, 0.15) is 0 Å². The zero-order valence-corrected chi connectivity index (χ0v) is 11.6. The molecule has 0 atom stereocenters. The molecule has 1 aliphatic heterocycles. The molecule has 2 aliphatic rings. The van der Waals surface area contributed by atoms with Gasteiger partial charge in [0.05, 0.1) is 0 Å². The average molecular weight is 257 g/mol. The highest BCUT2D eigenvalue weighted by molar-refractivity contribution is 5.98. The van der Waals surface area contributed by atoms with Crippen molar-refractivity contribution in [1.29, 1.82) is 0 Å². The van der Waals surface area contributed by atoms with Crippen LogP contribution in [0.15, 0.2) is 24.3 Å². The molecule has 1 aromatic rings. The van der Waals surface area contributed by atoms with Crippen LogP contribution in [-0.2, 0) is 6.54 Å². The van der Waals surface area contributed by atoms with Crippen molar-refractivity contribution in [2.75, 3.05) is 13.1 Å². The lowest BCUT2D eigenvalue weighted by Gasteiger charge is -2.15. The van der Waals surface area contributed by atoms with Crippen LogP contribution in [0.1, 0.15) is 54.4 Å². The van der Waals surface area contributed by atoms with Gasteiger partial charge in [-0.1, -0.05) is 31.0 Å². The topological polar surface area (TPSA) is 20.3 Å². The summed E-state index contributed by atoms with van der Waals surface area (Å²) in [5.74, 6) is 0.669. The summed E-state index contributed by atoms with van der Waals surface area (Å²) in [6.45, 7) is 3.42. The van der Waals surface area contributed by atoms with E-state index in [0.29, 0.717) is 11.7 Å². The molecule has 19 heavy (non-hydrogen) atoms. The van der Waals surface area contributed by atoms with E-state index in [4.69, 9.17) is 0 Å². The van der Waals surface area contributed by atoms with Crippen molar-refractivity contribution in [2.24, 2.45) is 5.92 Å². The molecule has 0 spiro atoms. The fourth-order valence-corrected chi connectivity index (χ4v) is 3.45. The molecule has 3 rings (SSSR count). The first kappa shape index (κ1) is 12.9. The average Bonchev–Trinajstić information content (AvgIpc) is 3.11. The zero-order valence-electron chi connectivity index (χ0n) is 11.6. The van der Waals surface area contributed by atoms with Gasteiger partial charge in [-0.3, -0.25) is 9.69 Å². The van der Waals surface area contributed by atoms with Gasteiger partial charge in [0.2, 0.25) is 0 Å². The van der Waals surface area contributed by atoms with Crippen LogP contribution in [-0.4, -0.2) is 23.8 Å². The molecule has 1 saturated heterocycles. The van der Waals surface area contributed by atoms with Gasteiger partial charge in [-0.25, -0.2) is 0 Å². The maximum absolute atomic E-state index is 12.4. The standard InChI is InChI=1S/C17H23NO/c19-17(15-7-1-2-8-15)16-9-5-6-14(12-16)13-18-10-3-4-11-18/h5-6,9,12,15H,1-4,7-8,10-11,13H2. The molecule has 0 unspecified atom stereocenters. The summed E-state index contributed by atoms with van der Waals surface area (Å²) in [4.78, 5) is 14.9. The lowest BCUT2D eigenvalue weighted by molar-refractivity contribution is 0.0922. The first-order chi connectivity index (χ1) is 9.33. The molecule has 0 amide bonds. The number of hydrogen-bond donors (Lipinski definition) is 0. The van der Waals surface area contributed by atoms with E-state index >= 15 is 0 Å². The van der Waals surface area contributed by atoms with Gasteiger partial charge in [0, 0.05) is 18.0 Å². The summed E-state index contributed by atoms with van der Waals surface area (Å²) >= 11 is 0. The number of Topliss-reactive ketones (excluding diaryl/α,β-unsaturated/α-hetero) is 1. The fourth-order valence-electron chi connectivity index (χ4n) is 3.45. The van der Waals surface area contributed by atoms with E-state index in [1.807, 2.05) is 12.1 Å². The van der Waals surface area contributed by atoms with Crippen molar-refractivity contribution in [3.05, 3.63) is 35.4 Å². The predicted molar refractivity (Wildman–Crippen MR) is 77.2 cm³/mol. The number of hydrogen-bond acceptors (Lipinski definition) is 2. The Kier molecular flexibility index (Phi) is 3.97. The van der Waals surface area contributed by atoms with Crippen molar-refractivity contribution in [2.45, 2.75) is 45.1 Å². The van der Waals surface area contributed by atoms with Crippen LogP contribution in [0, 0.1) is 5.92 Å². The molecular weight excluding hydrogens is 234 g/mol. The van der Waals surface area contributed by atoms with Crippen LogP contribution in [0.25, 0.3) is 0 Å². The molecule has 102 valence electrons. The Morgan fingerprint density at radius 1 is 1.11 bits per heavy atom. The van der Waals surface area contributed by atoms with Crippen LogP contribution in [0.5, 0.6) is 0 Å². The Balaban J connectivity index is 1.69. The van der Waals surface area contributed by atoms with E-state index in [1.54, 1.807) is 0 Å².